The van der Waals surface area contributed by atoms with E-state index in [9.17, 15) is 53.4 Å². The van der Waals surface area contributed by atoms with Crippen molar-refractivity contribution in [2.45, 2.75) is 134 Å². The average molecular weight is 1010 g/mol. The smallest absolute Gasteiger partial charge is 0.326 e. The van der Waals surface area contributed by atoms with Crippen LogP contribution in [0.1, 0.15) is 83.9 Å². The third kappa shape index (κ3) is 19.4. The number of hydrogen-bond acceptors (Lipinski definition) is 14. The molecule has 3 heterocycles. The number of imidazole rings is 1. The van der Waals surface area contributed by atoms with Crippen LogP contribution in [0.2, 0.25) is 0 Å². The zero-order valence-corrected chi connectivity index (χ0v) is 40.6. The predicted molar refractivity (Wildman–Crippen MR) is 257 cm³/mol. The summed E-state index contributed by atoms with van der Waals surface area (Å²) in [7, 11) is 0. The molecule has 2 aromatic heterocycles. The number of H-pyrrole nitrogens is 2. The van der Waals surface area contributed by atoms with E-state index in [1.54, 1.807) is 44.3 Å². The maximum absolute atomic E-state index is 14.3. The molecule has 1 fully saturated rings. The van der Waals surface area contributed by atoms with E-state index < -0.39 is 127 Å². The lowest BCUT2D eigenvalue weighted by atomic mass is 9.96. The number of amides is 7. The summed E-state index contributed by atoms with van der Waals surface area (Å²) in [6, 6.07) is -1.90. The van der Waals surface area contributed by atoms with E-state index in [1.165, 1.54) is 19.4 Å². The fourth-order valence-electron chi connectivity index (χ4n) is 7.55. The Hall–Kier alpha value is -7.45. The Bertz CT molecular complexity index is 2310. The number of benzene rings is 1. The van der Waals surface area contributed by atoms with E-state index in [0.29, 0.717) is 43.5 Å². The molecule has 72 heavy (non-hydrogen) atoms. The first kappa shape index (κ1) is 58.9. The van der Waals surface area contributed by atoms with Gasteiger partial charge in [0.15, 0.2) is 0 Å². The highest BCUT2D eigenvalue weighted by molar-refractivity contribution is 5.98. The Morgan fingerprint density at radius 1 is 0.778 bits per heavy atom. The number of carbonyl (C=O) groups is 10. The number of carboxylic acid groups (broad SMARTS) is 3. The van der Waals surface area contributed by atoms with E-state index in [1.807, 2.05) is 5.32 Å². The van der Waals surface area contributed by atoms with Gasteiger partial charge < -0.3 is 78.7 Å². The molecule has 26 nitrogen and oxygen atoms in total. The van der Waals surface area contributed by atoms with E-state index in [2.05, 4.69) is 52.2 Å². The van der Waals surface area contributed by atoms with Crippen molar-refractivity contribution in [1.82, 2.24) is 57.5 Å². The number of carboxylic acids is 3. The monoisotopic (exact) mass is 1010 g/mol. The molecule has 4 rings (SSSR count). The molecule has 9 atom stereocenters. The second-order valence-electron chi connectivity index (χ2n) is 17.4. The Labute approximate surface area is 414 Å². The van der Waals surface area contributed by atoms with Crippen LogP contribution in [0.3, 0.4) is 0 Å². The number of carbonyl (C=O) groups excluding carboxylic acids is 7. The Morgan fingerprint density at radius 2 is 1.42 bits per heavy atom. The largest absolute Gasteiger partial charge is 0.481 e. The number of para-hydroxylation sites is 1. The van der Waals surface area contributed by atoms with Gasteiger partial charge in [0.1, 0.15) is 36.3 Å². The molecule has 1 aromatic carbocycles. The number of unbranched alkanes of at least 4 members (excludes halogenated alkanes) is 1. The molecule has 1 aliphatic rings. The van der Waals surface area contributed by atoms with Crippen LogP contribution in [0, 0.1) is 5.92 Å². The average Bonchev–Trinajstić information content (AvgIpc) is 4.14. The molecular weight excluding hydrogens is 945 g/mol. The summed E-state index contributed by atoms with van der Waals surface area (Å²) >= 11 is 0. The Kier molecular flexibility index (Phi) is 24.3. The third-order valence-electron chi connectivity index (χ3n) is 11.6. The third-order valence-corrected chi connectivity index (χ3v) is 11.6. The summed E-state index contributed by atoms with van der Waals surface area (Å²) in [4.78, 5) is 137. The molecule has 0 spiro atoms. The number of aromatic nitrogens is 3. The molecule has 396 valence electrons. The minimum absolute atomic E-state index is 0.0429. The quantitative estimate of drug-likeness (QED) is 0.0339. The van der Waals surface area contributed by atoms with Gasteiger partial charge in [-0.05, 0) is 69.7 Å². The molecule has 0 unspecified atom stereocenters. The normalized spacial score (nSPS) is 16.3. The first-order valence-electron chi connectivity index (χ1n) is 23.5. The number of nitrogens with zero attached hydrogens (tertiary/aromatic N) is 1. The van der Waals surface area contributed by atoms with Gasteiger partial charge in [0.2, 0.25) is 41.4 Å². The van der Waals surface area contributed by atoms with Crippen LogP contribution in [0.4, 0.5) is 0 Å². The molecule has 3 aromatic rings. The number of aliphatic hydroxyl groups excluding tert-OH is 1. The number of aliphatic hydroxyl groups is 1. The summed E-state index contributed by atoms with van der Waals surface area (Å²) in [6.07, 6.45) is 4.45. The highest BCUT2D eigenvalue weighted by Crippen LogP contribution is 2.20. The highest BCUT2D eigenvalue weighted by Gasteiger charge is 2.36. The maximum Gasteiger partial charge on any atom is 0.326 e. The number of fused-ring (bicyclic) bond motifs is 1. The van der Waals surface area contributed by atoms with Crippen molar-refractivity contribution in [3.05, 3.63) is 54.2 Å². The number of nitrogens with two attached hydrogens (primary N) is 1. The molecule has 7 amide bonds. The topological polar surface area (TPSA) is 418 Å². The Morgan fingerprint density at radius 3 is 2.01 bits per heavy atom. The fourth-order valence-corrected chi connectivity index (χ4v) is 7.55. The van der Waals surface area contributed by atoms with Gasteiger partial charge in [0, 0.05) is 48.8 Å². The molecule has 0 saturated carbocycles. The summed E-state index contributed by atoms with van der Waals surface area (Å²) in [5, 5.41) is 57.9. The lowest BCUT2D eigenvalue weighted by Gasteiger charge is -2.30. The number of aromatic amines is 2. The predicted octanol–water partition coefficient (Wildman–Crippen LogP) is -2.34. The zero-order valence-electron chi connectivity index (χ0n) is 40.6. The van der Waals surface area contributed by atoms with Gasteiger partial charge >= 0.3 is 11.9 Å². The molecule has 0 aliphatic carbocycles. The fraction of sp³-hybridized carbons (Fsp3) is 0.543. The minimum atomic E-state index is -1.78. The van der Waals surface area contributed by atoms with Crippen molar-refractivity contribution in [2.24, 2.45) is 11.7 Å². The maximum atomic E-state index is 14.3. The highest BCUT2D eigenvalue weighted by atomic mass is 16.4. The van der Waals surface area contributed by atoms with Crippen LogP contribution in [0.5, 0.6) is 0 Å². The van der Waals surface area contributed by atoms with Gasteiger partial charge in [-0.25, -0.2) is 9.78 Å². The summed E-state index contributed by atoms with van der Waals surface area (Å²) in [5.74, 6) is -10.0. The number of rotatable bonds is 28. The molecule has 16 N–H and O–H groups in total. The van der Waals surface area contributed by atoms with Gasteiger partial charge in [-0.1, -0.05) is 38.5 Å². The van der Waals surface area contributed by atoms with Crippen LogP contribution in [0.15, 0.2) is 43.0 Å². The van der Waals surface area contributed by atoms with Crippen LogP contribution < -0.4 is 48.3 Å². The van der Waals surface area contributed by atoms with Crippen LogP contribution in [-0.2, 0) is 60.8 Å². The lowest BCUT2D eigenvalue weighted by molar-refractivity contribution is -0.147. The van der Waals surface area contributed by atoms with Crippen LogP contribution >= 0.6 is 0 Å². The van der Waals surface area contributed by atoms with E-state index in [-0.39, 0.29) is 25.8 Å². The van der Waals surface area contributed by atoms with Gasteiger partial charge in [-0.15, -0.1) is 0 Å². The lowest BCUT2D eigenvalue weighted by Crippen LogP contribution is -2.62. The number of nitrogens with one attached hydrogen (secondary N) is 10. The number of aliphatic carboxylic acids is 3. The van der Waals surface area contributed by atoms with Gasteiger partial charge in [0.25, 0.3) is 5.97 Å². The molecule has 26 heteroatoms. The minimum Gasteiger partial charge on any atom is -0.481 e. The van der Waals surface area contributed by atoms with E-state index in [0.717, 1.165) is 24.2 Å². The van der Waals surface area contributed by atoms with Crippen molar-refractivity contribution in [1.29, 1.82) is 0 Å². The van der Waals surface area contributed by atoms with Crippen molar-refractivity contribution in [2.75, 3.05) is 19.6 Å². The van der Waals surface area contributed by atoms with Crippen LogP contribution in [-0.4, -0.2) is 163 Å². The Balaban J connectivity index is 0.00000329. The second kappa shape index (κ2) is 29.7. The molecule has 1 aliphatic heterocycles. The van der Waals surface area contributed by atoms with E-state index in [4.69, 9.17) is 20.7 Å². The molecular formula is C46H68N12O14. The first-order valence-corrected chi connectivity index (χ1v) is 23.5. The first-order chi connectivity index (χ1) is 34.1. The SMILES string of the molecule is CC(=O)O.CC[C@H](C)[C@H](NC(=O)[C@H](Cc1cnc[nH]1)NC(=O)[C@@H](NC(=O)[C@@H]1CCCN1)[C@@H](C)O)C(=O)N[C@@H](CCCCN)C(=O)N[C@@H](Cc1c[nH]c2ccccc12)C(=O)NCC(=O)N[C@@H](CC(=O)O)C(=O)O. The van der Waals surface area contributed by atoms with Gasteiger partial charge in [-0.2, -0.15) is 0 Å². The summed E-state index contributed by atoms with van der Waals surface area (Å²) in [5.41, 5.74) is 7.53. The number of hydrogen-bond donors (Lipinski definition) is 15. The zero-order chi connectivity index (χ0) is 53.5. The standard InChI is InChI=1S/C44H64N12O12.C2H4O2/c1-4-23(2)36(55-41(64)32(17-26-20-46-22-50-26)54-43(66)37(24(3)57)56-39(62)29-13-9-15-47-29)42(65)52-30(12-7-8-14-45)40(63)53-31(16-25-19-48-28-11-6-5-10-27(25)28)38(61)49-21-34(58)51-33(44(67)68)18-35(59)60;1-2(3)4/h5-6,10-11,19-20,22-24,29-33,36-37,47-48,57H,4,7-9,12-18,21,45H2,1-3H3,(H,46,50)(H,49,61)(H,51,58)(H,52,65)(H,53,63)(H,54,66)(H,55,64)(H,56,62)(H,59,60)(H,67,68);1H3,(H,3,4)/t23-,24+,29-,30-,31-,32-,33-,36-,37-;/m0./s1. The summed E-state index contributed by atoms with van der Waals surface area (Å²) in [6.45, 7) is 5.99. The molecule has 1 saturated heterocycles. The van der Waals surface area contributed by atoms with Crippen LogP contribution in [0.25, 0.3) is 10.9 Å². The van der Waals surface area contributed by atoms with Crippen molar-refractivity contribution in [3.63, 3.8) is 0 Å². The molecule has 0 bridgehead atoms. The van der Waals surface area contributed by atoms with Gasteiger partial charge in [0.05, 0.1) is 31.4 Å². The van der Waals surface area contributed by atoms with Crippen molar-refractivity contribution >= 4 is 70.2 Å². The van der Waals surface area contributed by atoms with Crippen molar-refractivity contribution in [3.8, 4) is 0 Å². The van der Waals surface area contributed by atoms with Crippen molar-refractivity contribution < 1.29 is 68.4 Å². The van der Waals surface area contributed by atoms with E-state index >= 15 is 0 Å². The second-order valence-corrected chi connectivity index (χ2v) is 17.4. The van der Waals surface area contributed by atoms with Gasteiger partial charge in [-0.3, -0.25) is 43.2 Å². The molecule has 0 radical (unpaired) electrons. The summed E-state index contributed by atoms with van der Waals surface area (Å²) < 4.78 is 0.